The second-order valence-corrected chi connectivity index (χ2v) is 4.34. The molecule has 5 nitrogen and oxygen atoms in total. The average molecular weight is 261 g/mol. The topological polar surface area (TPSA) is 74.2 Å². The van der Waals surface area contributed by atoms with Crippen LogP contribution < -0.4 is 15.4 Å². The molecule has 102 valence electrons. The highest BCUT2D eigenvalue weighted by atomic mass is 16.5. The minimum Gasteiger partial charge on any atom is -0.495 e. The van der Waals surface area contributed by atoms with E-state index in [4.69, 9.17) is 10.00 Å². The summed E-state index contributed by atoms with van der Waals surface area (Å²) in [5, 5.41) is 14.6. The van der Waals surface area contributed by atoms with Gasteiger partial charge in [-0.3, -0.25) is 4.79 Å². The van der Waals surface area contributed by atoms with Crippen LogP contribution in [-0.2, 0) is 4.79 Å². The summed E-state index contributed by atoms with van der Waals surface area (Å²) in [4.78, 5) is 11.0. The van der Waals surface area contributed by atoms with Crippen molar-refractivity contribution in [2.75, 3.05) is 17.7 Å². The van der Waals surface area contributed by atoms with Crippen LogP contribution in [0.4, 0.5) is 11.4 Å². The summed E-state index contributed by atoms with van der Waals surface area (Å²) in [6, 6.07) is 7.68. The van der Waals surface area contributed by atoms with Crippen LogP contribution in [0.5, 0.6) is 5.75 Å². The largest absolute Gasteiger partial charge is 0.495 e. The van der Waals surface area contributed by atoms with Crippen LogP contribution in [0.15, 0.2) is 18.2 Å². The van der Waals surface area contributed by atoms with Crippen molar-refractivity contribution >= 4 is 17.3 Å². The van der Waals surface area contributed by atoms with E-state index in [0.717, 1.165) is 12.1 Å². The molecule has 0 spiro atoms. The third-order valence-corrected chi connectivity index (χ3v) is 2.61. The molecule has 0 saturated carbocycles. The van der Waals surface area contributed by atoms with Gasteiger partial charge in [0.05, 0.1) is 18.9 Å². The monoisotopic (exact) mass is 261 g/mol. The normalized spacial score (nSPS) is 11.3. The summed E-state index contributed by atoms with van der Waals surface area (Å²) in [5.74, 6) is 0.589. The van der Waals surface area contributed by atoms with Gasteiger partial charge in [0.2, 0.25) is 5.91 Å². The Hall–Kier alpha value is -2.22. The smallest absolute Gasteiger partial charge is 0.221 e. The molecule has 1 rings (SSSR count). The lowest BCUT2D eigenvalue weighted by molar-refractivity contribution is -0.114. The molecule has 0 bridgehead atoms. The van der Waals surface area contributed by atoms with E-state index in [-0.39, 0.29) is 11.9 Å². The highest BCUT2D eigenvalue weighted by Gasteiger charge is 2.08. The van der Waals surface area contributed by atoms with Crippen LogP contribution in [0.1, 0.15) is 26.7 Å². The zero-order chi connectivity index (χ0) is 14.3. The minimum absolute atomic E-state index is 0.117. The van der Waals surface area contributed by atoms with E-state index >= 15 is 0 Å². The summed E-state index contributed by atoms with van der Waals surface area (Å²) in [6.07, 6.45) is 1.26. The van der Waals surface area contributed by atoms with Gasteiger partial charge in [-0.15, -0.1) is 0 Å². The number of hydrogen-bond donors (Lipinski definition) is 2. The maximum absolute atomic E-state index is 11.0. The van der Waals surface area contributed by atoms with E-state index in [1.54, 1.807) is 19.2 Å². The van der Waals surface area contributed by atoms with Crippen molar-refractivity contribution in [2.45, 2.75) is 32.7 Å². The Balaban J connectivity index is 2.83. The van der Waals surface area contributed by atoms with E-state index in [0.29, 0.717) is 17.9 Å². The van der Waals surface area contributed by atoms with Crippen LogP contribution in [0, 0.1) is 11.3 Å². The van der Waals surface area contributed by atoms with E-state index in [9.17, 15) is 4.79 Å². The number of nitrogens with zero attached hydrogens (tertiary/aromatic N) is 1. The Morgan fingerprint density at radius 1 is 1.53 bits per heavy atom. The lowest BCUT2D eigenvalue weighted by Gasteiger charge is -2.17. The molecular formula is C14H19N3O2. The number of nitrogens with one attached hydrogen (secondary N) is 2. The molecule has 1 aromatic rings. The number of ether oxygens (including phenoxy) is 1. The van der Waals surface area contributed by atoms with Gasteiger partial charge in [-0.05, 0) is 31.5 Å². The first kappa shape index (κ1) is 14.8. The Labute approximate surface area is 113 Å². The second-order valence-electron chi connectivity index (χ2n) is 4.34. The predicted molar refractivity (Wildman–Crippen MR) is 75.2 cm³/mol. The molecule has 0 aromatic heterocycles. The molecule has 0 unspecified atom stereocenters. The summed E-state index contributed by atoms with van der Waals surface area (Å²) in [7, 11) is 1.60. The van der Waals surface area contributed by atoms with Gasteiger partial charge in [-0.1, -0.05) is 0 Å². The van der Waals surface area contributed by atoms with Gasteiger partial charge in [0.15, 0.2) is 0 Å². The first-order chi connectivity index (χ1) is 9.06. The molecule has 0 saturated heterocycles. The van der Waals surface area contributed by atoms with Crippen molar-refractivity contribution in [3.05, 3.63) is 18.2 Å². The third kappa shape index (κ3) is 4.88. The molecule has 0 heterocycles. The van der Waals surface area contributed by atoms with Gasteiger partial charge in [0, 0.05) is 25.1 Å². The fourth-order valence-corrected chi connectivity index (χ4v) is 1.72. The second kappa shape index (κ2) is 7.27. The molecule has 0 aliphatic rings. The predicted octanol–water partition coefficient (Wildman–Crippen LogP) is 2.76. The number of carbonyl (C=O) groups excluding carboxylic acids is 1. The Morgan fingerprint density at radius 3 is 2.84 bits per heavy atom. The summed E-state index contributed by atoms with van der Waals surface area (Å²) < 4.78 is 5.27. The third-order valence-electron chi connectivity index (χ3n) is 2.61. The van der Waals surface area contributed by atoms with E-state index < -0.39 is 0 Å². The van der Waals surface area contributed by atoms with Crippen molar-refractivity contribution < 1.29 is 9.53 Å². The maximum Gasteiger partial charge on any atom is 0.221 e. The van der Waals surface area contributed by atoms with E-state index in [2.05, 4.69) is 16.7 Å². The Kier molecular flexibility index (Phi) is 5.68. The van der Waals surface area contributed by atoms with Crippen molar-refractivity contribution in [3.63, 3.8) is 0 Å². The Bertz CT molecular complexity index is 480. The van der Waals surface area contributed by atoms with Crippen molar-refractivity contribution in [1.82, 2.24) is 0 Å². The molecule has 0 aliphatic heterocycles. The maximum atomic E-state index is 11.0. The van der Waals surface area contributed by atoms with Crippen LogP contribution in [0.2, 0.25) is 0 Å². The van der Waals surface area contributed by atoms with Crippen LogP contribution >= 0.6 is 0 Å². The van der Waals surface area contributed by atoms with Crippen LogP contribution in [0.25, 0.3) is 0 Å². The molecule has 1 aromatic carbocycles. The molecular weight excluding hydrogens is 242 g/mol. The number of anilines is 2. The number of rotatable bonds is 6. The minimum atomic E-state index is -0.117. The van der Waals surface area contributed by atoms with Crippen LogP contribution in [-0.4, -0.2) is 19.1 Å². The number of hydrogen-bond acceptors (Lipinski definition) is 4. The summed E-state index contributed by atoms with van der Waals surface area (Å²) in [5.41, 5.74) is 1.52. The van der Waals surface area contributed by atoms with Gasteiger partial charge in [0.25, 0.3) is 0 Å². The zero-order valence-electron chi connectivity index (χ0n) is 11.5. The zero-order valence-corrected chi connectivity index (χ0v) is 11.5. The molecule has 0 radical (unpaired) electrons. The molecule has 1 atom stereocenters. The van der Waals surface area contributed by atoms with Crippen molar-refractivity contribution in [1.29, 1.82) is 5.26 Å². The molecule has 2 N–H and O–H groups in total. The van der Waals surface area contributed by atoms with Crippen LogP contribution in [0.3, 0.4) is 0 Å². The van der Waals surface area contributed by atoms with Gasteiger partial charge in [0.1, 0.15) is 5.75 Å². The van der Waals surface area contributed by atoms with Gasteiger partial charge in [-0.25, -0.2) is 0 Å². The molecule has 0 fully saturated rings. The van der Waals surface area contributed by atoms with Crippen molar-refractivity contribution in [2.24, 2.45) is 0 Å². The van der Waals surface area contributed by atoms with Gasteiger partial charge in [-0.2, -0.15) is 5.26 Å². The van der Waals surface area contributed by atoms with E-state index in [1.807, 2.05) is 13.0 Å². The molecule has 5 heteroatoms. The molecule has 0 aliphatic carbocycles. The Morgan fingerprint density at radius 2 is 2.26 bits per heavy atom. The number of benzene rings is 1. The molecule has 19 heavy (non-hydrogen) atoms. The lowest BCUT2D eigenvalue weighted by Crippen LogP contribution is -2.15. The lowest BCUT2D eigenvalue weighted by atomic mass is 10.1. The fraction of sp³-hybridized carbons (Fsp3) is 0.429. The highest BCUT2D eigenvalue weighted by Crippen LogP contribution is 2.28. The fourth-order valence-electron chi connectivity index (χ4n) is 1.72. The average Bonchev–Trinajstić information content (AvgIpc) is 2.36. The highest BCUT2D eigenvalue weighted by molar-refractivity contribution is 5.89. The van der Waals surface area contributed by atoms with Gasteiger partial charge >= 0.3 is 0 Å². The number of methoxy groups -OCH3 is 1. The summed E-state index contributed by atoms with van der Waals surface area (Å²) in [6.45, 7) is 3.47. The number of carbonyl (C=O) groups is 1. The SMILES string of the molecule is COc1ccc(NC(C)=O)cc1N[C@@H](C)CCC#N. The number of amides is 1. The number of nitriles is 1. The summed E-state index contributed by atoms with van der Waals surface area (Å²) >= 11 is 0. The first-order valence-corrected chi connectivity index (χ1v) is 6.16. The standard InChI is InChI=1S/C14H19N3O2/c1-10(5-4-8-15)16-13-9-12(17-11(2)18)6-7-14(13)19-3/h6-7,9-10,16H,4-5H2,1-3H3,(H,17,18)/t10-/m0/s1. The van der Waals surface area contributed by atoms with Gasteiger partial charge < -0.3 is 15.4 Å². The molecule has 1 amide bonds. The first-order valence-electron chi connectivity index (χ1n) is 6.16. The quantitative estimate of drug-likeness (QED) is 0.825. The van der Waals surface area contributed by atoms with E-state index in [1.165, 1.54) is 6.92 Å². The van der Waals surface area contributed by atoms with Crippen molar-refractivity contribution in [3.8, 4) is 11.8 Å².